The van der Waals surface area contributed by atoms with Crippen molar-refractivity contribution in [3.8, 4) is 0 Å². The summed E-state index contributed by atoms with van der Waals surface area (Å²) >= 11 is 0. The molecular formula is C6H13FO6. The third-order valence-corrected chi connectivity index (χ3v) is 1.87. The SMILES string of the molecule is F.OC[C@H]1O[C@H](O)[C@H](O)[C@@H](O)[C@@H]1O. The topological polar surface area (TPSA) is 110 Å². The normalized spacial score (nSPS) is 45.5. The molecule has 5 atom stereocenters. The Hall–Kier alpha value is -0.310. The second-order valence-corrected chi connectivity index (χ2v) is 2.72. The molecule has 0 aromatic carbocycles. The Morgan fingerprint density at radius 3 is 1.92 bits per heavy atom. The molecule has 0 amide bonds. The van der Waals surface area contributed by atoms with Crippen LogP contribution < -0.4 is 0 Å². The molecule has 1 aliphatic rings. The molecule has 0 unspecified atom stereocenters. The van der Waals surface area contributed by atoms with E-state index in [1.165, 1.54) is 0 Å². The summed E-state index contributed by atoms with van der Waals surface area (Å²) in [6, 6.07) is 0. The first-order chi connectivity index (χ1) is 5.57. The van der Waals surface area contributed by atoms with Gasteiger partial charge in [-0.25, -0.2) is 0 Å². The zero-order valence-corrected chi connectivity index (χ0v) is 6.65. The lowest BCUT2D eigenvalue weighted by Crippen LogP contribution is -2.58. The largest absolute Gasteiger partial charge is 0.394 e. The average molecular weight is 200 g/mol. The zero-order chi connectivity index (χ0) is 9.30. The molecule has 5 N–H and O–H groups in total. The predicted octanol–water partition coefficient (Wildman–Crippen LogP) is -3.07. The molecule has 0 saturated carbocycles. The van der Waals surface area contributed by atoms with Crippen LogP contribution in [0.25, 0.3) is 0 Å². The van der Waals surface area contributed by atoms with Crippen LogP contribution in [0.15, 0.2) is 0 Å². The third kappa shape index (κ3) is 2.33. The summed E-state index contributed by atoms with van der Waals surface area (Å²) in [5, 5.41) is 44.7. The van der Waals surface area contributed by atoms with Gasteiger partial charge in [0.2, 0.25) is 0 Å². The summed E-state index contributed by atoms with van der Waals surface area (Å²) in [4.78, 5) is 0. The highest BCUT2D eigenvalue weighted by Gasteiger charge is 2.42. The van der Waals surface area contributed by atoms with Crippen LogP contribution in [0.2, 0.25) is 0 Å². The van der Waals surface area contributed by atoms with E-state index in [9.17, 15) is 0 Å². The zero-order valence-electron chi connectivity index (χ0n) is 6.65. The lowest BCUT2D eigenvalue weighted by atomic mass is 10.00. The highest BCUT2D eigenvalue weighted by Crippen LogP contribution is 2.18. The minimum absolute atomic E-state index is 0. The third-order valence-electron chi connectivity index (χ3n) is 1.87. The van der Waals surface area contributed by atoms with E-state index in [1.54, 1.807) is 0 Å². The number of hydrogen-bond acceptors (Lipinski definition) is 6. The molecule has 7 heteroatoms. The van der Waals surface area contributed by atoms with E-state index in [0.717, 1.165) is 0 Å². The quantitative estimate of drug-likeness (QED) is 0.307. The number of ether oxygens (including phenoxy) is 1. The van der Waals surface area contributed by atoms with Gasteiger partial charge < -0.3 is 30.3 Å². The molecule has 0 spiro atoms. The number of hydrogen-bond donors (Lipinski definition) is 5. The molecule has 0 radical (unpaired) electrons. The molecule has 1 rings (SSSR count). The van der Waals surface area contributed by atoms with Crippen molar-refractivity contribution < 1.29 is 35.0 Å². The lowest BCUT2D eigenvalue weighted by Gasteiger charge is -2.37. The van der Waals surface area contributed by atoms with Crippen LogP contribution in [-0.4, -0.2) is 62.8 Å². The Labute approximate surface area is 73.4 Å². The van der Waals surface area contributed by atoms with Crippen LogP contribution in [0, 0.1) is 0 Å². The fourth-order valence-corrected chi connectivity index (χ4v) is 1.08. The van der Waals surface area contributed by atoms with Crippen molar-refractivity contribution in [2.45, 2.75) is 30.7 Å². The van der Waals surface area contributed by atoms with Gasteiger partial charge in [0.25, 0.3) is 0 Å². The van der Waals surface area contributed by atoms with Gasteiger partial charge in [0.15, 0.2) is 6.29 Å². The minimum atomic E-state index is -1.57. The van der Waals surface area contributed by atoms with Gasteiger partial charge >= 0.3 is 0 Å². The molecule has 1 saturated heterocycles. The van der Waals surface area contributed by atoms with E-state index in [2.05, 4.69) is 4.74 Å². The Balaban J connectivity index is 0.00000144. The Morgan fingerprint density at radius 1 is 0.923 bits per heavy atom. The summed E-state index contributed by atoms with van der Waals surface area (Å²) in [5.41, 5.74) is 0. The number of halogens is 1. The van der Waals surface area contributed by atoms with Crippen molar-refractivity contribution in [1.82, 2.24) is 0 Å². The number of aliphatic hydroxyl groups excluding tert-OH is 5. The molecule has 1 heterocycles. The molecule has 1 fully saturated rings. The summed E-state index contributed by atoms with van der Waals surface area (Å²) < 4.78 is 4.58. The van der Waals surface area contributed by atoms with Crippen molar-refractivity contribution in [2.75, 3.05) is 6.61 Å². The second kappa shape index (κ2) is 4.80. The van der Waals surface area contributed by atoms with Crippen molar-refractivity contribution in [3.63, 3.8) is 0 Å². The van der Waals surface area contributed by atoms with Crippen LogP contribution in [0.3, 0.4) is 0 Å². The molecule has 1 aliphatic heterocycles. The smallest absolute Gasteiger partial charge is 0.184 e. The van der Waals surface area contributed by atoms with Gasteiger partial charge in [0, 0.05) is 0 Å². The van der Waals surface area contributed by atoms with Gasteiger partial charge in [-0.3, -0.25) is 4.70 Å². The number of aliphatic hydroxyl groups is 5. The average Bonchev–Trinajstić information content (AvgIpc) is 2.08. The van der Waals surface area contributed by atoms with E-state index in [4.69, 9.17) is 25.5 Å². The molecule has 13 heavy (non-hydrogen) atoms. The van der Waals surface area contributed by atoms with Crippen molar-refractivity contribution in [1.29, 1.82) is 0 Å². The number of rotatable bonds is 1. The van der Waals surface area contributed by atoms with E-state index < -0.39 is 37.3 Å². The molecule has 80 valence electrons. The Kier molecular flexibility index (Phi) is 4.68. The maximum atomic E-state index is 9.12. The molecule has 0 bridgehead atoms. The van der Waals surface area contributed by atoms with Gasteiger partial charge in [-0.15, -0.1) is 0 Å². The molecule has 6 nitrogen and oxygen atoms in total. The summed E-state index contributed by atoms with van der Waals surface area (Å²) in [7, 11) is 0. The van der Waals surface area contributed by atoms with Crippen molar-refractivity contribution in [3.05, 3.63) is 0 Å². The second-order valence-electron chi connectivity index (χ2n) is 2.72. The van der Waals surface area contributed by atoms with Gasteiger partial charge in [-0.05, 0) is 0 Å². The van der Waals surface area contributed by atoms with Gasteiger partial charge in [-0.2, -0.15) is 0 Å². The highest BCUT2D eigenvalue weighted by molar-refractivity contribution is 4.87. The maximum Gasteiger partial charge on any atom is 0.184 e. The van der Waals surface area contributed by atoms with Gasteiger partial charge in [0.05, 0.1) is 6.61 Å². The molecule has 0 aromatic rings. The molecule has 0 aromatic heterocycles. The van der Waals surface area contributed by atoms with Crippen LogP contribution in [0.1, 0.15) is 0 Å². The Bertz CT molecular complexity index is 151. The first kappa shape index (κ1) is 12.7. The predicted molar refractivity (Wildman–Crippen MR) is 38.5 cm³/mol. The van der Waals surface area contributed by atoms with E-state index in [-0.39, 0.29) is 4.70 Å². The van der Waals surface area contributed by atoms with Crippen LogP contribution in [0.4, 0.5) is 4.70 Å². The van der Waals surface area contributed by atoms with E-state index >= 15 is 0 Å². The fraction of sp³-hybridized carbons (Fsp3) is 1.00. The van der Waals surface area contributed by atoms with Gasteiger partial charge in [0.1, 0.15) is 24.4 Å². The van der Waals surface area contributed by atoms with Crippen molar-refractivity contribution in [2.24, 2.45) is 0 Å². The monoisotopic (exact) mass is 200 g/mol. The summed E-state index contributed by atoms with van der Waals surface area (Å²) in [5.74, 6) is 0. The van der Waals surface area contributed by atoms with Crippen LogP contribution in [0.5, 0.6) is 0 Å². The summed E-state index contributed by atoms with van der Waals surface area (Å²) in [6.45, 7) is -0.526. The van der Waals surface area contributed by atoms with Crippen LogP contribution >= 0.6 is 0 Å². The Morgan fingerprint density at radius 2 is 1.46 bits per heavy atom. The summed E-state index contributed by atoms with van der Waals surface area (Å²) in [6.07, 6.45) is -7.04. The van der Waals surface area contributed by atoms with Crippen LogP contribution in [-0.2, 0) is 4.74 Å². The highest BCUT2D eigenvalue weighted by atomic mass is 19.0. The molecule has 0 aliphatic carbocycles. The molecular weight excluding hydrogens is 187 g/mol. The standard InChI is InChI=1S/C6H12O6.FH/c7-1-2-3(8)4(9)5(10)6(11)12-2;/h2-11H,1H2;1H/t2-,3-,4+,5-,6+;/m1./s1. The first-order valence-corrected chi connectivity index (χ1v) is 3.56. The first-order valence-electron chi connectivity index (χ1n) is 3.56. The van der Waals surface area contributed by atoms with Gasteiger partial charge in [-0.1, -0.05) is 0 Å². The van der Waals surface area contributed by atoms with E-state index in [1.807, 2.05) is 0 Å². The minimum Gasteiger partial charge on any atom is -0.394 e. The van der Waals surface area contributed by atoms with E-state index in [0.29, 0.717) is 0 Å². The maximum absolute atomic E-state index is 9.12. The fourth-order valence-electron chi connectivity index (χ4n) is 1.08. The lowest BCUT2D eigenvalue weighted by molar-refractivity contribution is -0.286. The van der Waals surface area contributed by atoms with Crippen molar-refractivity contribution >= 4 is 0 Å².